The van der Waals surface area contributed by atoms with Crippen molar-refractivity contribution >= 4 is 11.6 Å². The van der Waals surface area contributed by atoms with Crippen LogP contribution in [0.15, 0.2) is 97.1 Å². The number of halogens is 2. The Morgan fingerprint density at radius 2 is 0.738 bits per heavy atom. The molecule has 0 aliphatic heterocycles. The van der Waals surface area contributed by atoms with Gasteiger partial charge in [-0.3, -0.25) is 9.59 Å². The summed E-state index contributed by atoms with van der Waals surface area (Å²) in [7, 11) is 0. The van der Waals surface area contributed by atoms with E-state index in [1.165, 1.54) is 59.7 Å². The van der Waals surface area contributed by atoms with E-state index in [0.717, 1.165) is 33.4 Å². The molecule has 0 heterocycles. The van der Waals surface area contributed by atoms with Crippen LogP contribution in [0.25, 0.3) is 22.3 Å². The largest absolute Gasteiger partial charge is 0.289 e. The molecule has 0 bridgehead atoms. The maximum absolute atomic E-state index is 13.4. The molecule has 0 atom stereocenters. The first-order chi connectivity index (χ1) is 20.0. The summed E-state index contributed by atoms with van der Waals surface area (Å²) in [5.74, 6) is -1.00. The van der Waals surface area contributed by atoms with Gasteiger partial charge in [-0.05, 0) is 117 Å². The summed E-state index contributed by atoms with van der Waals surface area (Å²) in [6.45, 7) is 8.73. The summed E-state index contributed by atoms with van der Waals surface area (Å²) in [5.41, 5.74) is 10.5. The lowest BCUT2D eigenvalue weighted by Gasteiger charge is -2.24. The highest BCUT2D eigenvalue weighted by Gasteiger charge is 2.42. The van der Waals surface area contributed by atoms with Crippen molar-refractivity contribution in [2.45, 2.75) is 38.5 Å². The number of ketones is 2. The monoisotopic (exact) mass is 554 g/mol. The number of fused-ring (bicyclic) bond motifs is 6. The molecule has 2 aliphatic rings. The van der Waals surface area contributed by atoms with Crippen LogP contribution in [0.3, 0.4) is 0 Å². The molecular weight excluding hydrogens is 526 g/mol. The second-order valence-electron chi connectivity index (χ2n) is 12.4. The molecule has 0 N–H and O–H groups in total. The van der Waals surface area contributed by atoms with Crippen LogP contribution in [-0.4, -0.2) is 11.6 Å². The summed E-state index contributed by atoms with van der Waals surface area (Å²) in [6.07, 6.45) is 0. The fourth-order valence-corrected chi connectivity index (χ4v) is 6.78. The molecule has 0 saturated carbocycles. The average Bonchev–Trinajstić information content (AvgIpc) is 3.35. The van der Waals surface area contributed by atoms with Gasteiger partial charge in [-0.15, -0.1) is 0 Å². The fourth-order valence-electron chi connectivity index (χ4n) is 6.78. The first-order valence-electron chi connectivity index (χ1n) is 14.1. The van der Waals surface area contributed by atoms with Crippen LogP contribution in [-0.2, 0) is 10.8 Å². The molecule has 0 aromatic heterocycles. The molecule has 0 amide bonds. The second-order valence-corrected chi connectivity index (χ2v) is 12.4. The molecule has 42 heavy (non-hydrogen) atoms. The Hall–Kier alpha value is -4.70. The van der Waals surface area contributed by atoms with E-state index in [4.69, 9.17) is 0 Å². The Bertz CT molecular complexity index is 1820. The van der Waals surface area contributed by atoms with Gasteiger partial charge in [-0.1, -0.05) is 52.0 Å². The molecule has 7 rings (SSSR count). The highest BCUT2D eigenvalue weighted by molar-refractivity contribution is 6.10. The molecular formula is C38H28F2O2. The average molecular weight is 555 g/mol. The third-order valence-electron chi connectivity index (χ3n) is 9.21. The van der Waals surface area contributed by atoms with E-state index in [2.05, 4.69) is 39.8 Å². The Morgan fingerprint density at radius 3 is 1.10 bits per heavy atom. The van der Waals surface area contributed by atoms with Gasteiger partial charge in [-0.25, -0.2) is 8.78 Å². The van der Waals surface area contributed by atoms with Crippen LogP contribution in [0.4, 0.5) is 8.78 Å². The van der Waals surface area contributed by atoms with Crippen molar-refractivity contribution in [3.05, 3.63) is 153 Å². The second kappa shape index (κ2) is 8.90. The lowest BCUT2D eigenvalue weighted by Crippen LogP contribution is -2.17. The zero-order chi connectivity index (χ0) is 29.6. The lowest BCUT2D eigenvalue weighted by molar-refractivity contribution is 0.103. The molecule has 206 valence electrons. The lowest BCUT2D eigenvalue weighted by atomic mass is 9.79. The van der Waals surface area contributed by atoms with Crippen LogP contribution >= 0.6 is 0 Å². The van der Waals surface area contributed by atoms with Gasteiger partial charge >= 0.3 is 0 Å². The van der Waals surface area contributed by atoms with Gasteiger partial charge in [0.25, 0.3) is 0 Å². The van der Waals surface area contributed by atoms with Crippen molar-refractivity contribution in [2.24, 2.45) is 0 Å². The van der Waals surface area contributed by atoms with E-state index >= 15 is 0 Å². The molecule has 5 aromatic carbocycles. The summed E-state index contributed by atoms with van der Waals surface area (Å²) < 4.78 is 26.9. The summed E-state index contributed by atoms with van der Waals surface area (Å²) >= 11 is 0. The number of carbonyl (C=O) groups excluding carboxylic acids is 2. The number of benzene rings is 5. The van der Waals surface area contributed by atoms with Crippen LogP contribution in [0, 0.1) is 11.6 Å². The Kier molecular flexibility index (Phi) is 5.55. The van der Waals surface area contributed by atoms with Gasteiger partial charge in [0.1, 0.15) is 11.6 Å². The first kappa shape index (κ1) is 26.2. The van der Waals surface area contributed by atoms with E-state index in [-0.39, 0.29) is 34.0 Å². The van der Waals surface area contributed by atoms with Crippen LogP contribution in [0.5, 0.6) is 0 Å². The highest BCUT2D eigenvalue weighted by atomic mass is 19.1. The maximum atomic E-state index is 13.4. The van der Waals surface area contributed by atoms with Crippen LogP contribution in [0.1, 0.15) is 81.8 Å². The molecule has 2 aliphatic carbocycles. The Morgan fingerprint density at radius 1 is 0.429 bits per heavy atom. The van der Waals surface area contributed by atoms with E-state index < -0.39 is 0 Å². The molecule has 0 radical (unpaired) electrons. The minimum atomic E-state index is -0.370. The highest BCUT2D eigenvalue weighted by Crippen LogP contribution is 2.56. The van der Waals surface area contributed by atoms with Gasteiger partial charge in [0.15, 0.2) is 11.6 Å². The molecule has 0 saturated heterocycles. The van der Waals surface area contributed by atoms with Crippen LogP contribution in [0.2, 0.25) is 0 Å². The van der Waals surface area contributed by atoms with E-state index in [1.54, 1.807) is 0 Å². The number of carbonyl (C=O) groups is 2. The minimum Gasteiger partial charge on any atom is -0.289 e. The standard InChI is InChI=1S/C38H28F2O2/c1-37(2)31-17-23(35(41)21-5-11-25(39)12-6-21)9-15-27(31)29-20-34-30(19-33(29)37)28-16-10-24(18-32(28)38(34,3)4)36(42)22-7-13-26(40)14-8-22/h5-20H,1-4H3. The van der Waals surface area contributed by atoms with E-state index in [9.17, 15) is 18.4 Å². The van der Waals surface area contributed by atoms with Gasteiger partial charge < -0.3 is 0 Å². The van der Waals surface area contributed by atoms with E-state index in [0.29, 0.717) is 22.3 Å². The Labute approximate surface area is 243 Å². The van der Waals surface area contributed by atoms with Crippen molar-refractivity contribution in [3.63, 3.8) is 0 Å². The molecule has 0 spiro atoms. The third kappa shape index (κ3) is 3.75. The topological polar surface area (TPSA) is 34.1 Å². The molecule has 2 nitrogen and oxygen atoms in total. The third-order valence-corrected chi connectivity index (χ3v) is 9.21. The first-order valence-corrected chi connectivity index (χ1v) is 14.1. The van der Waals surface area contributed by atoms with Gasteiger partial charge in [0, 0.05) is 33.1 Å². The summed E-state index contributed by atoms with van der Waals surface area (Å²) in [5, 5.41) is 0. The predicted octanol–water partition coefficient (Wildman–Crippen LogP) is 9.04. The van der Waals surface area contributed by atoms with Crippen molar-refractivity contribution in [3.8, 4) is 22.3 Å². The van der Waals surface area contributed by atoms with E-state index in [1.807, 2.05) is 36.4 Å². The van der Waals surface area contributed by atoms with Crippen molar-refractivity contribution in [1.82, 2.24) is 0 Å². The SMILES string of the molecule is CC1(C)c2cc(C(=O)c3ccc(F)cc3)ccc2-c2cc3c(cc21)-c1ccc(C(=O)c2ccc(F)cc2)cc1C3(C)C. The number of hydrogen-bond acceptors (Lipinski definition) is 2. The van der Waals surface area contributed by atoms with Crippen LogP contribution < -0.4 is 0 Å². The van der Waals surface area contributed by atoms with Crippen molar-refractivity contribution in [2.75, 3.05) is 0 Å². The maximum Gasteiger partial charge on any atom is 0.193 e. The van der Waals surface area contributed by atoms with Gasteiger partial charge in [0.05, 0.1) is 0 Å². The zero-order valence-electron chi connectivity index (χ0n) is 23.8. The number of rotatable bonds is 4. The molecule has 5 aromatic rings. The fraction of sp³-hybridized carbons (Fsp3) is 0.158. The minimum absolute atomic E-state index is 0.131. The molecule has 4 heteroatoms. The van der Waals surface area contributed by atoms with Crippen molar-refractivity contribution < 1.29 is 18.4 Å². The summed E-state index contributed by atoms with van der Waals surface area (Å²) in [4.78, 5) is 26.5. The van der Waals surface area contributed by atoms with Gasteiger partial charge in [-0.2, -0.15) is 0 Å². The smallest absolute Gasteiger partial charge is 0.193 e. The molecule has 0 fully saturated rings. The quantitative estimate of drug-likeness (QED) is 0.208. The normalized spacial score (nSPS) is 15.0. The zero-order valence-corrected chi connectivity index (χ0v) is 23.8. The Balaban J connectivity index is 1.30. The molecule has 0 unspecified atom stereocenters. The van der Waals surface area contributed by atoms with Gasteiger partial charge in [0.2, 0.25) is 0 Å². The number of hydrogen-bond donors (Lipinski definition) is 0. The van der Waals surface area contributed by atoms with Crippen molar-refractivity contribution in [1.29, 1.82) is 0 Å². The predicted molar refractivity (Wildman–Crippen MR) is 161 cm³/mol. The summed E-state index contributed by atoms with van der Waals surface area (Å²) in [6, 6.07) is 27.6.